The number of carbonyl (C=O) groups excluding carboxylic acids is 1. The van der Waals surface area contributed by atoms with Crippen LogP contribution in [0, 0.1) is 5.41 Å². The Morgan fingerprint density at radius 1 is 0.800 bits per heavy atom. The van der Waals surface area contributed by atoms with Crippen LogP contribution in [0.5, 0.6) is 0 Å². The second-order valence-electron chi connectivity index (χ2n) is 7.30. The predicted molar refractivity (Wildman–Crippen MR) is 104 cm³/mol. The van der Waals surface area contributed by atoms with E-state index in [9.17, 15) is 4.79 Å². The average molecular weight is 329 g/mol. The molecule has 0 aliphatic heterocycles. The van der Waals surface area contributed by atoms with Crippen LogP contribution in [0.4, 0.5) is 0 Å². The van der Waals surface area contributed by atoms with Crippen LogP contribution in [-0.2, 0) is 0 Å². The van der Waals surface area contributed by atoms with Crippen LogP contribution in [0.2, 0.25) is 0 Å². The molecule has 0 radical (unpaired) electrons. The van der Waals surface area contributed by atoms with E-state index in [0.717, 1.165) is 16.7 Å². The molecule has 2 aromatic rings. The largest absolute Gasteiger partial charge is 0.398 e. The molecule has 0 fully saturated rings. The highest BCUT2D eigenvalue weighted by atomic mass is 16.1. The van der Waals surface area contributed by atoms with Gasteiger partial charge in [-0.3, -0.25) is 4.79 Å². The Hall–Kier alpha value is -2.87. The average Bonchev–Trinajstić information content (AvgIpc) is 3.07. The molecule has 0 amide bonds. The van der Waals surface area contributed by atoms with E-state index < -0.39 is 0 Å². The minimum atomic E-state index is -0.0546. The zero-order valence-corrected chi connectivity index (χ0v) is 14.9. The third-order valence-electron chi connectivity index (χ3n) is 4.41. The van der Waals surface area contributed by atoms with Crippen molar-refractivity contribution in [3.05, 3.63) is 101 Å². The molecular weight excluding hydrogens is 306 g/mol. The first-order valence-electron chi connectivity index (χ1n) is 8.47. The highest BCUT2D eigenvalue weighted by molar-refractivity contribution is 6.14. The van der Waals surface area contributed by atoms with Gasteiger partial charge in [0, 0.05) is 22.4 Å². The summed E-state index contributed by atoms with van der Waals surface area (Å²) in [6, 6.07) is 19.2. The van der Waals surface area contributed by atoms with Crippen molar-refractivity contribution >= 4 is 11.5 Å². The molecule has 2 heteroatoms. The van der Waals surface area contributed by atoms with E-state index in [1.54, 1.807) is 0 Å². The van der Waals surface area contributed by atoms with Gasteiger partial charge in [0.05, 0.1) is 0 Å². The lowest BCUT2D eigenvalue weighted by atomic mass is 9.87. The quantitative estimate of drug-likeness (QED) is 0.791. The summed E-state index contributed by atoms with van der Waals surface area (Å²) < 4.78 is 0. The van der Waals surface area contributed by atoms with E-state index in [4.69, 9.17) is 5.73 Å². The molecule has 1 aliphatic carbocycles. The Morgan fingerprint density at radius 2 is 1.32 bits per heavy atom. The second-order valence-corrected chi connectivity index (χ2v) is 7.30. The van der Waals surface area contributed by atoms with Gasteiger partial charge in [0.25, 0.3) is 0 Å². The predicted octanol–water partition coefficient (Wildman–Crippen LogP) is 5.15. The Bertz CT molecular complexity index is 879. The fourth-order valence-corrected chi connectivity index (χ4v) is 2.87. The van der Waals surface area contributed by atoms with Gasteiger partial charge in [0.2, 0.25) is 0 Å². The van der Waals surface area contributed by atoms with Gasteiger partial charge >= 0.3 is 0 Å². The molecule has 0 heterocycles. The number of allylic oxidation sites excluding steroid dienone is 5. The van der Waals surface area contributed by atoms with Gasteiger partial charge in [-0.2, -0.15) is 0 Å². The lowest BCUT2D eigenvalue weighted by Gasteiger charge is -2.18. The lowest BCUT2D eigenvalue weighted by Crippen LogP contribution is -2.08. The summed E-state index contributed by atoms with van der Waals surface area (Å²) >= 11 is 0. The maximum atomic E-state index is 13.1. The lowest BCUT2D eigenvalue weighted by molar-refractivity contribution is 0.103. The minimum Gasteiger partial charge on any atom is -0.398 e. The van der Waals surface area contributed by atoms with Crippen molar-refractivity contribution in [2.75, 3.05) is 0 Å². The number of rotatable bonds is 3. The number of benzene rings is 2. The highest BCUT2D eigenvalue weighted by Crippen LogP contribution is 2.38. The van der Waals surface area contributed by atoms with E-state index in [0.29, 0.717) is 16.8 Å². The fourth-order valence-electron chi connectivity index (χ4n) is 2.87. The first-order valence-corrected chi connectivity index (χ1v) is 8.47. The van der Waals surface area contributed by atoms with Crippen molar-refractivity contribution in [2.24, 2.45) is 11.1 Å². The molecule has 2 N–H and O–H groups in total. The molecule has 0 unspecified atom stereocenters. The van der Waals surface area contributed by atoms with Crippen LogP contribution in [-0.4, -0.2) is 5.78 Å². The first kappa shape index (κ1) is 17.0. The first-order chi connectivity index (χ1) is 11.9. The van der Waals surface area contributed by atoms with Crippen LogP contribution >= 0.6 is 0 Å². The van der Waals surface area contributed by atoms with Gasteiger partial charge in [-0.25, -0.2) is 0 Å². The van der Waals surface area contributed by atoms with Gasteiger partial charge in [-0.15, -0.1) is 0 Å². The van der Waals surface area contributed by atoms with Crippen LogP contribution in [0.25, 0.3) is 5.70 Å². The molecule has 3 rings (SSSR count). The molecule has 126 valence electrons. The maximum Gasteiger partial charge on any atom is 0.193 e. The summed E-state index contributed by atoms with van der Waals surface area (Å²) in [5.41, 5.74) is 11.2. The monoisotopic (exact) mass is 329 g/mol. The van der Waals surface area contributed by atoms with Gasteiger partial charge in [-0.05, 0) is 28.7 Å². The van der Waals surface area contributed by atoms with Crippen molar-refractivity contribution in [3.63, 3.8) is 0 Å². The Balaban J connectivity index is 2.13. The van der Waals surface area contributed by atoms with Crippen LogP contribution < -0.4 is 5.73 Å². The highest BCUT2D eigenvalue weighted by Gasteiger charge is 2.27. The van der Waals surface area contributed by atoms with E-state index in [2.05, 4.69) is 26.8 Å². The topological polar surface area (TPSA) is 43.1 Å². The van der Waals surface area contributed by atoms with E-state index in [1.807, 2.05) is 66.7 Å². The molecule has 0 spiro atoms. The molecule has 1 aliphatic rings. The van der Waals surface area contributed by atoms with Crippen molar-refractivity contribution in [3.8, 4) is 0 Å². The SMILES string of the molecule is CC(C)(C)C1=C/C(=C(/N)c2ccccc2)C(C(=O)c2ccccc2)=C1. The summed E-state index contributed by atoms with van der Waals surface area (Å²) in [5.74, 6) is 0.00461. The van der Waals surface area contributed by atoms with Crippen molar-refractivity contribution in [1.29, 1.82) is 0 Å². The summed E-state index contributed by atoms with van der Waals surface area (Å²) in [7, 11) is 0. The molecular formula is C23H23NO. The van der Waals surface area contributed by atoms with E-state index >= 15 is 0 Å². The molecule has 25 heavy (non-hydrogen) atoms. The van der Waals surface area contributed by atoms with Gasteiger partial charge in [-0.1, -0.05) is 81.4 Å². The second kappa shape index (κ2) is 6.56. The Kier molecular flexibility index (Phi) is 4.45. The maximum absolute atomic E-state index is 13.1. The van der Waals surface area contributed by atoms with Crippen LogP contribution in [0.3, 0.4) is 0 Å². The summed E-state index contributed by atoms with van der Waals surface area (Å²) in [6.07, 6.45) is 4.04. The third kappa shape index (κ3) is 3.48. The minimum absolute atomic E-state index is 0.00461. The molecule has 2 nitrogen and oxygen atoms in total. The van der Waals surface area contributed by atoms with Crippen molar-refractivity contribution in [2.45, 2.75) is 20.8 Å². The van der Waals surface area contributed by atoms with Crippen LogP contribution in [0.15, 0.2) is 89.5 Å². The number of hydrogen-bond acceptors (Lipinski definition) is 2. The van der Waals surface area contributed by atoms with Crippen LogP contribution in [0.1, 0.15) is 36.7 Å². The molecule has 0 aromatic heterocycles. The number of nitrogens with two attached hydrogens (primary N) is 1. The molecule has 0 bridgehead atoms. The number of carbonyl (C=O) groups is 1. The number of ketones is 1. The number of Topliss-reactive ketones (excluding diaryl/α,β-unsaturated/α-hetero) is 1. The Labute approximate surface area is 149 Å². The van der Waals surface area contributed by atoms with E-state index in [1.165, 1.54) is 0 Å². The standard InChI is InChI=1S/C23H23NO/c1-23(2,3)18-14-19(21(24)16-10-6-4-7-11-16)20(15-18)22(25)17-12-8-5-9-13-17/h4-15H,24H2,1-3H3/b21-19-. The van der Waals surface area contributed by atoms with Gasteiger partial charge in [0.1, 0.15) is 0 Å². The zero-order chi connectivity index (χ0) is 18.0. The third-order valence-corrected chi connectivity index (χ3v) is 4.41. The zero-order valence-electron chi connectivity index (χ0n) is 14.9. The van der Waals surface area contributed by atoms with Crippen molar-refractivity contribution < 1.29 is 4.79 Å². The van der Waals surface area contributed by atoms with Gasteiger partial charge in [0.15, 0.2) is 5.78 Å². The van der Waals surface area contributed by atoms with Crippen molar-refractivity contribution in [1.82, 2.24) is 0 Å². The van der Waals surface area contributed by atoms with Gasteiger partial charge < -0.3 is 5.73 Å². The fraction of sp³-hybridized carbons (Fsp3) is 0.174. The molecule has 0 saturated carbocycles. The normalized spacial score (nSPS) is 16.3. The smallest absolute Gasteiger partial charge is 0.193 e. The summed E-state index contributed by atoms with van der Waals surface area (Å²) in [4.78, 5) is 13.1. The summed E-state index contributed by atoms with van der Waals surface area (Å²) in [5, 5.41) is 0. The number of hydrogen-bond donors (Lipinski definition) is 1. The molecule has 0 atom stereocenters. The van der Waals surface area contributed by atoms with E-state index in [-0.39, 0.29) is 11.2 Å². The Morgan fingerprint density at radius 3 is 1.84 bits per heavy atom. The molecule has 0 saturated heterocycles. The summed E-state index contributed by atoms with van der Waals surface area (Å²) in [6.45, 7) is 6.42. The molecule has 2 aromatic carbocycles.